The van der Waals surface area contributed by atoms with E-state index in [1.165, 1.54) is 0 Å². The standard InChI is InChI=1S/C12H8ClN3O.CH2O2/c13-9-3-4-14-12-11(9)8-5-7(15-6-17)1-2-10(8)16-12;2-1-3/h1-6H,(H,14,16)(H,15,17);1H,(H,2,3). The molecule has 0 aliphatic rings. The number of amides is 1. The van der Waals surface area contributed by atoms with E-state index in [1.807, 2.05) is 18.2 Å². The van der Waals surface area contributed by atoms with Crippen LogP contribution >= 0.6 is 11.6 Å². The molecule has 0 bridgehead atoms. The SMILES string of the molecule is O=CNc1ccc2[nH]c3nccc(Cl)c3c2c1.O=CO. The van der Waals surface area contributed by atoms with Crippen LogP contribution in [0.4, 0.5) is 5.69 Å². The molecule has 20 heavy (non-hydrogen) atoms. The number of aromatic amines is 1. The van der Waals surface area contributed by atoms with E-state index >= 15 is 0 Å². The topological polar surface area (TPSA) is 95.1 Å². The van der Waals surface area contributed by atoms with E-state index in [0.717, 1.165) is 27.6 Å². The van der Waals surface area contributed by atoms with Gasteiger partial charge in [-0.25, -0.2) is 4.98 Å². The third-order valence-electron chi connectivity index (χ3n) is 2.67. The summed E-state index contributed by atoms with van der Waals surface area (Å²) in [5.41, 5.74) is 2.42. The van der Waals surface area contributed by atoms with Crippen molar-refractivity contribution in [1.29, 1.82) is 0 Å². The summed E-state index contributed by atoms with van der Waals surface area (Å²) in [5.74, 6) is 0. The molecule has 7 heteroatoms. The number of aromatic nitrogens is 2. The van der Waals surface area contributed by atoms with Crippen molar-refractivity contribution in [3.8, 4) is 0 Å². The minimum Gasteiger partial charge on any atom is -0.483 e. The van der Waals surface area contributed by atoms with Crippen molar-refractivity contribution < 1.29 is 14.7 Å². The Hall–Kier alpha value is -2.60. The molecule has 0 saturated heterocycles. The second-order valence-corrected chi connectivity index (χ2v) is 4.18. The van der Waals surface area contributed by atoms with Crippen molar-refractivity contribution in [1.82, 2.24) is 9.97 Å². The number of rotatable bonds is 2. The lowest BCUT2D eigenvalue weighted by atomic mass is 10.2. The number of H-pyrrole nitrogens is 1. The molecule has 1 aromatic carbocycles. The average Bonchev–Trinajstić information content (AvgIpc) is 2.79. The van der Waals surface area contributed by atoms with E-state index in [2.05, 4.69) is 15.3 Å². The zero-order chi connectivity index (χ0) is 14.5. The fourth-order valence-electron chi connectivity index (χ4n) is 1.93. The first-order chi connectivity index (χ1) is 9.71. The summed E-state index contributed by atoms with van der Waals surface area (Å²) in [4.78, 5) is 26.2. The first kappa shape index (κ1) is 13.8. The van der Waals surface area contributed by atoms with Gasteiger partial charge >= 0.3 is 0 Å². The lowest BCUT2D eigenvalue weighted by Gasteiger charge is -1.98. The molecule has 102 valence electrons. The number of nitrogens with zero attached hydrogens (tertiary/aromatic N) is 1. The van der Waals surface area contributed by atoms with Gasteiger partial charge in [0.1, 0.15) is 5.65 Å². The zero-order valence-electron chi connectivity index (χ0n) is 10.1. The third-order valence-corrected chi connectivity index (χ3v) is 2.98. The van der Waals surface area contributed by atoms with Crippen LogP contribution in [0.15, 0.2) is 30.5 Å². The zero-order valence-corrected chi connectivity index (χ0v) is 10.9. The minimum atomic E-state index is -0.250. The fraction of sp³-hybridized carbons (Fsp3) is 0. The monoisotopic (exact) mass is 291 g/mol. The molecule has 0 saturated carbocycles. The summed E-state index contributed by atoms with van der Waals surface area (Å²) >= 11 is 6.16. The number of pyridine rings is 1. The molecule has 3 aromatic rings. The van der Waals surface area contributed by atoms with E-state index in [9.17, 15) is 4.79 Å². The van der Waals surface area contributed by atoms with Crippen molar-refractivity contribution in [3.05, 3.63) is 35.5 Å². The van der Waals surface area contributed by atoms with Crippen LogP contribution in [0.3, 0.4) is 0 Å². The maximum atomic E-state index is 10.4. The van der Waals surface area contributed by atoms with E-state index in [0.29, 0.717) is 11.4 Å². The summed E-state index contributed by atoms with van der Waals surface area (Å²) in [6.45, 7) is -0.250. The van der Waals surface area contributed by atoms with E-state index < -0.39 is 0 Å². The van der Waals surface area contributed by atoms with Gasteiger partial charge < -0.3 is 15.4 Å². The smallest absolute Gasteiger partial charge is 0.290 e. The number of carbonyl (C=O) groups is 2. The van der Waals surface area contributed by atoms with Crippen LogP contribution in [0.2, 0.25) is 5.02 Å². The van der Waals surface area contributed by atoms with Gasteiger partial charge in [-0.2, -0.15) is 0 Å². The Kier molecular flexibility index (Phi) is 4.17. The minimum absolute atomic E-state index is 0.250. The Balaban J connectivity index is 0.000000452. The van der Waals surface area contributed by atoms with Crippen LogP contribution in [-0.2, 0) is 9.59 Å². The van der Waals surface area contributed by atoms with Crippen LogP contribution in [0.25, 0.3) is 21.9 Å². The van der Waals surface area contributed by atoms with Gasteiger partial charge in [-0.1, -0.05) is 11.6 Å². The molecule has 1 amide bonds. The molecule has 0 radical (unpaired) electrons. The Labute approximate surface area is 118 Å². The Bertz CT molecular complexity index is 770. The Morgan fingerprint density at radius 1 is 1.30 bits per heavy atom. The van der Waals surface area contributed by atoms with E-state index in [1.54, 1.807) is 12.3 Å². The highest BCUT2D eigenvalue weighted by atomic mass is 35.5. The van der Waals surface area contributed by atoms with Gasteiger partial charge in [-0.05, 0) is 24.3 Å². The number of hydrogen-bond donors (Lipinski definition) is 3. The lowest BCUT2D eigenvalue weighted by Crippen LogP contribution is -1.92. The highest BCUT2D eigenvalue weighted by Crippen LogP contribution is 2.31. The van der Waals surface area contributed by atoms with Gasteiger partial charge in [0, 0.05) is 28.2 Å². The second kappa shape index (κ2) is 6.03. The van der Waals surface area contributed by atoms with Crippen LogP contribution in [0.5, 0.6) is 0 Å². The largest absolute Gasteiger partial charge is 0.483 e. The molecule has 2 heterocycles. The Morgan fingerprint density at radius 3 is 2.75 bits per heavy atom. The Morgan fingerprint density at radius 2 is 2.05 bits per heavy atom. The number of nitrogens with one attached hydrogen (secondary N) is 2. The van der Waals surface area contributed by atoms with Crippen LogP contribution in [-0.4, -0.2) is 28.0 Å². The van der Waals surface area contributed by atoms with Gasteiger partial charge in [0.2, 0.25) is 6.41 Å². The number of benzene rings is 1. The van der Waals surface area contributed by atoms with Crippen molar-refractivity contribution in [2.75, 3.05) is 5.32 Å². The first-order valence-corrected chi connectivity index (χ1v) is 5.93. The van der Waals surface area contributed by atoms with Crippen LogP contribution in [0.1, 0.15) is 0 Å². The molecule has 0 aliphatic heterocycles. The molecule has 0 unspecified atom stereocenters. The summed E-state index contributed by atoms with van der Waals surface area (Å²) in [5, 5.41) is 12.0. The first-order valence-electron chi connectivity index (χ1n) is 5.55. The molecule has 2 aromatic heterocycles. The molecular weight excluding hydrogens is 282 g/mol. The second-order valence-electron chi connectivity index (χ2n) is 3.77. The van der Waals surface area contributed by atoms with Gasteiger partial charge in [-0.15, -0.1) is 0 Å². The molecule has 0 atom stereocenters. The highest BCUT2D eigenvalue weighted by Gasteiger charge is 2.08. The molecule has 0 fully saturated rings. The summed E-state index contributed by atoms with van der Waals surface area (Å²) in [6, 6.07) is 7.33. The van der Waals surface area contributed by atoms with Gasteiger partial charge in [0.05, 0.1) is 5.02 Å². The number of anilines is 1. The van der Waals surface area contributed by atoms with Crippen molar-refractivity contribution in [2.45, 2.75) is 0 Å². The number of hydrogen-bond acceptors (Lipinski definition) is 3. The number of fused-ring (bicyclic) bond motifs is 3. The summed E-state index contributed by atoms with van der Waals surface area (Å²) in [7, 11) is 0. The van der Waals surface area contributed by atoms with Gasteiger partial charge in [0.25, 0.3) is 6.47 Å². The van der Waals surface area contributed by atoms with Crippen molar-refractivity contribution >= 4 is 52.1 Å². The lowest BCUT2D eigenvalue weighted by molar-refractivity contribution is -0.122. The fourth-order valence-corrected chi connectivity index (χ4v) is 2.18. The number of carboxylic acid groups (broad SMARTS) is 1. The average molecular weight is 292 g/mol. The quantitative estimate of drug-likeness (QED) is 0.633. The van der Waals surface area contributed by atoms with Crippen molar-refractivity contribution in [3.63, 3.8) is 0 Å². The number of carbonyl (C=O) groups excluding carboxylic acids is 1. The third kappa shape index (κ3) is 2.55. The van der Waals surface area contributed by atoms with E-state index in [4.69, 9.17) is 21.5 Å². The predicted octanol–water partition coefficient (Wildman–Crippen LogP) is 2.64. The predicted molar refractivity (Wildman–Crippen MR) is 77.0 cm³/mol. The molecular formula is C13H10ClN3O3. The van der Waals surface area contributed by atoms with E-state index in [-0.39, 0.29) is 6.47 Å². The highest BCUT2D eigenvalue weighted by molar-refractivity contribution is 6.37. The maximum Gasteiger partial charge on any atom is 0.290 e. The molecule has 6 nitrogen and oxygen atoms in total. The molecule has 3 N–H and O–H groups in total. The van der Waals surface area contributed by atoms with Crippen molar-refractivity contribution in [2.24, 2.45) is 0 Å². The van der Waals surface area contributed by atoms with Gasteiger partial charge in [-0.3, -0.25) is 9.59 Å². The van der Waals surface area contributed by atoms with Crippen LogP contribution < -0.4 is 5.32 Å². The molecule has 0 spiro atoms. The van der Waals surface area contributed by atoms with Gasteiger partial charge in [0.15, 0.2) is 0 Å². The summed E-state index contributed by atoms with van der Waals surface area (Å²) in [6.07, 6.45) is 2.31. The number of halogens is 1. The van der Waals surface area contributed by atoms with Crippen LogP contribution in [0, 0.1) is 0 Å². The normalized spacial score (nSPS) is 9.85. The molecule has 3 rings (SSSR count). The molecule has 0 aliphatic carbocycles. The summed E-state index contributed by atoms with van der Waals surface area (Å²) < 4.78 is 0. The maximum absolute atomic E-state index is 10.4.